The van der Waals surface area contributed by atoms with Crippen molar-refractivity contribution in [2.24, 2.45) is 5.73 Å². The first kappa shape index (κ1) is 13.4. The van der Waals surface area contributed by atoms with Gasteiger partial charge in [-0.25, -0.2) is 4.39 Å². The van der Waals surface area contributed by atoms with Crippen LogP contribution in [0.4, 0.5) is 4.39 Å². The Kier molecular flexibility index (Phi) is 3.69. The smallest absolute Gasteiger partial charge is 0.167 e. The van der Waals surface area contributed by atoms with Crippen molar-refractivity contribution in [3.05, 3.63) is 22.5 Å². The van der Waals surface area contributed by atoms with E-state index >= 15 is 0 Å². The Hall–Kier alpha value is -1.00. The zero-order valence-electron chi connectivity index (χ0n) is 10.3. The highest BCUT2D eigenvalue weighted by molar-refractivity contribution is 6.31. The van der Waals surface area contributed by atoms with Gasteiger partial charge in [-0.15, -0.1) is 0 Å². The molecule has 1 aromatic rings. The largest absolute Gasteiger partial charge is 0.504 e. The van der Waals surface area contributed by atoms with Crippen LogP contribution < -0.4 is 10.5 Å². The fourth-order valence-corrected chi connectivity index (χ4v) is 3.08. The molecule has 0 atom stereocenters. The van der Waals surface area contributed by atoms with Crippen LogP contribution in [0.3, 0.4) is 0 Å². The lowest BCUT2D eigenvalue weighted by atomic mass is 9.78. The van der Waals surface area contributed by atoms with Crippen molar-refractivity contribution in [3.8, 4) is 11.5 Å². The summed E-state index contributed by atoms with van der Waals surface area (Å²) in [6.07, 6.45) is 3.56. The van der Waals surface area contributed by atoms with Crippen LogP contribution in [0.5, 0.6) is 11.5 Å². The number of rotatable bonds is 3. The summed E-state index contributed by atoms with van der Waals surface area (Å²) in [5.41, 5.74) is 5.70. The van der Waals surface area contributed by atoms with Crippen molar-refractivity contribution in [1.29, 1.82) is 0 Å². The Bertz CT molecular complexity index is 459. The Labute approximate surface area is 111 Å². The van der Waals surface area contributed by atoms with Gasteiger partial charge in [-0.05, 0) is 12.8 Å². The van der Waals surface area contributed by atoms with E-state index in [4.69, 9.17) is 22.1 Å². The van der Waals surface area contributed by atoms with E-state index < -0.39 is 11.2 Å². The summed E-state index contributed by atoms with van der Waals surface area (Å²) in [7, 11) is 1.41. The van der Waals surface area contributed by atoms with Crippen LogP contribution in [-0.2, 0) is 5.41 Å². The minimum absolute atomic E-state index is 0.0944. The zero-order chi connectivity index (χ0) is 13.3. The molecule has 0 radical (unpaired) electrons. The van der Waals surface area contributed by atoms with Crippen LogP contribution in [0.25, 0.3) is 0 Å². The van der Waals surface area contributed by atoms with Crippen molar-refractivity contribution >= 4 is 11.6 Å². The highest BCUT2D eigenvalue weighted by Crippen LogP contribution is 2.49. The maximum absolute atomic E-state index is 14.3. The van der Waals surface area contributed by atoms with Crippen LogP contribution in [0.2, 0.25) is 5.02 Å². The van der Waals surface area contributed by atoms with Gasteiger partial charge < -0.3 is 15.6 Å². The molecule has 0 saturated heterocycles. The topological polar surface area (TPSA) is 55.5 Å². The van der Waals surface area contributed by atoms with E-state index in [0.29, 0.717) is 12.1 Å². The molecule has 1 aliphatic carbocycles. The van der Waals surface area contributed by atoms with Gasteiger partial charge in [0.05, 0.1) is 12.1 Å². The number of halogens is 2. The summed E-state index contributed by atoms with van der Waals surface area (Å²) in [5.74, 6) is -0.512. The van der Waals surface area contributed by atoms with E-state index in [1.807, 2.05) is 0 Å². The van der Waals surface area contributed by atoms with Crippen LogP contribution in [0, 0.1) is 5.82 Å². The number of aromatic hydroxyl groups is 1. The van der Waals surface area contributed by atoms with E-state index in [1.165, 1.54) is 13.2 Å². The maximum atomic E-state index is 14.3. The van der Waals surface area contributed by atoms with Crippen LogP contribution >= 0.6 is 11.6 Å². The number of hydrogen-bond acceptors (Lipinski definition) is 3. The second-order valence-electron chi connectivity index (χ2n) is 4.79. The standard InChI is InChI=1S/C13H17ClFNO2/c1-18-12-9(17)6-8(14)11(15)10(12)13(7-16)4-2-3-5-13/h6,17H,2-5,7,16H2,1H3. The molecular weight excluding hydrogens is 257 g/mol. The predicted octanol–water partition coefficient (Wildman–Crippen LogP) is 2.96. The SMILES string of the molecule is COc1c(O)cc(Cl)c(F)c1C1(CN)CCCC1. The lowest BCUT2D eigenvalue weighted by molar-refractivity contribution is 0.338. The van der Waals surface area contributed by atoms with Crippen LogP contribution in [0.15, 0.2) is 6.07 Å². The molecule has 0 aliphatic heterocycles. The molecule has 100 valence electrons. The molecule has 1 saturated carbocycles. The number of phenols is 1. The van der Waals surface area contributed by atoms with E-state index in [-0.39, 0.29) is 16.5 Å². The monoisotopic (exact) mass is 273 g/mol. The predicted molar refractivity (Wildman–Crippen MR) is 68.8 cm³/mol. The van der Waals surface area contributed by atoms with Gasteiger partial charge in [0, 0.05) is 23.6 Å². The lowest BCUT2D eigenvalue weighted by Gasteiger charge is -2.30. The fourth-order valence-electron chi connectivity index (χ4n) is 2.88. The Balaban J connectivity index is 2.67. The first-order valence-corrected chi connectivity index (χ1v) is 6.39. The zero-order valence-corrected chi connectivity index (χ0v) is 11.1. The molecule has 1 aliphatic rings. The first-order chi connectivity index (χ1) is 8.55. The average Bonchev–Trinajstić information content (AvgIpc) is 2.83. The normalized spacial score (nSPS) is 18.0. The molecule has 0 spiro atoms. The molecular formula is C13H17ClFNO2. The van der Waals surface area contributed by atoms with Crippen molar-refractivity contribution in [2.75, 3.05) is 13.7 Å². The molecule has 0 heterocycles. The summed E-state index contributed by atoms with van der Waals surface area (Å²) < 4.78 is 19.5. The second kappa shape index (κ2) is 4.94. The van der Waals surface area contributed by atoms with Gasteiger partial charge in [0.2, 0.25) is 0 Å². The maximum Gasteiger partial charge on any atom is 0.167 e. The van der Waals surface area contributed by atoms with Crippen molar-refractivity contribution in [2.45, 2.75) is 31.1 Å². The molecule has 2 rings (SSSR count). The van der Waals surface area contributed by atoms with Crippen LogP contribution in [0.1, 0.15) is 31.2 Å². The quantitative estimate of drug-likeness (QED) is 0.890. The molecule has 0 bridgehead atoms. The lowest BCUT2D eigenvalue weighted by Crippen LogP contribution is -2.33. The van der Waals surface area contributed by atoms with Crippen molar-refractivity contribution < 1.29 is 14.2 Å². The minimum Gasteiger partial charge on any atom is -0.504 e. The summed E-state index contributed by atoms with van der Waals surface area (Å²) in [6.45, 7) is 0.320. The number of methoxy groups -OCH3 is 1. The number of nitrogens with two attached hydrogens (primary N) is 1. The molecule has 5 heteroatoms. The van der Waals surface area contributed by atoms with Gasteiger partial charge >= 0.3 is 0 Å². The third-order valence-electron chi connectivity index (χ3n) is 3.84. The first-order valence-electron chi connectivity index (χ1n) is 6.01. The van der Waals surface area contributed by atoms with Crippen molar-refractivity contribution in [3.63, 3.8) is 0 Å². The van der Waals surface area contributed by atoms with Gasteiger partial charge in [-0.2, -0.15) is 0 Å². The third kappa shape index (κ3) is 1.93. The molecule has 18 heavy (non-hydrogen) atoms. The average molecular weight is 274 g/mol. The second-order valence-corrected chi connectivity index (χ2v) is 5.20. The van der Waals surface area contributed by atoms with Crippen molar-refractivity contribution in [1.82, 2.24) is 0 Å². The van der Waals surface area contributed by atoms with Gasteiger partial charge in [-0.1, -0.05) is 24.4 Å². The third-order valence-corrected chi connectivity index (χ3v) is 4.11. The Morgan fingerprint density at radius 3 is 2.61 bits per heavy atom. The van der Waals surface area contributed by atoms with Gasteiger partial charge in [0.15, 0.2) is 11.5 Å². The molecule has 0 unspecified atom stereocenters. The summed E-state index contributed by atoms with van der Waals surface area (Å²) in [6, 6.07) is 1.17. The molecule has 0 amide bonds. The van der Waals surface area contributed by atoms with E-state index in [0.717, 1.165) is 25.7 Å². The van der Waals surface area contributed by atoms with E-state index in [2.05, 4.69) is 0 Å². The number of ether oxygens (including phenoxy) is 1. The molecule has 3 N–H and O–H groups in total. The summed E-state index contributed by atoms with van der Waals surface area (Å²) in [5, 5.41) is 9.76. The van der Waals surface area contributed by atoms with E-state index in [1.54, 1.807) is 0 Å². The molecule has 0 aromatic heterocycles. The number of benzene rings is 1. The van der Waals surface area contributed by atoms with E-state index in [9.17, 15) is 9.50 Å². The minimum atomic E-state index is -0.529. The number of phenolic OH excluding ortho intramolecular Hbond substituents is 1. The summed E-state index contributed by atoms with van der Waals surface area (Å²) >= 11 is 5.81. The number of hydrogen-bond donors (Lipinski definition) is 2. The van der Waals surface area contributed by atoms with Gasteiger partial charge in [0.1, 0.15) is 5.82 Å². The molecule has 1 aromatic carbocycles. The van der Waals surface area contributed by atoms with Crippen LogP contribution in [-0.4, -0.2) is 18.8 Å². The Morgan fingerprint density at radius 2 is 2.11 bits per heavy atom. The van der Waals surface area contributed by atoms with Gasteiger partial charge in [0.25, 0.3) is 0 Å². The summed E-state index contributed by atoms with van der Waals surface area (Å²) in [4.78, 5) is 0. The highest BCUT2D eigenvalue weighted by atomic mass is 35.5. The highest BCUT2D eigenvalue weighted by Gasteiger charge is 2.40. The Morgan fingerprint density at radius 1 is 1.50 bits per heavy atom. The molecule has 3 nitrogen and oxygen atoms in total. The molecule has 1 fully saturated rings. The van der Waals surface area contributed by atoms with Gasteiger partial charge in [-0.3, -0.25) is 0 Å². The fraction of sp³-hybridized carbons (Fsp3) is 0.538.